The third-order valence-electron chi connectivity index (χ3n) is 3.56. The number of carbonyl (C=O) groups is 2. The van der Waals surface area contributed by atoms with Gasteiger partial charge in [0, 0.05) is 26.2 Å². The number of nitrogens with zero attached hydrogens (tertiary/aromatic N) is 3. The van der Waals surface area contributed by atoms with E-state index in [1.54, 1.807) is 23.2 Å². The molecule has 1 aliphatic heterocycles. The molecule has 0 aromatic carbocycles. The third-order valence-corrected chi connectivity index (χ3v) is 4.43. The molecule has 1 aliphatic rings. The van der Waals surface area contributed by atoms with Gasteiger partial charge in [0.15, 0.2) is 0 Å². The summed E-state index contributed by atoms with van der Waals surface area (Å²) < 4.78 is 0. The lowest BCUT2D eigenvalue weighted by Crippen LogP contribution is -2.45. The normalized spacial score (nSPS) is 14.7. The van der Waals surface area contributed by atoms with E-state index in [0.29, 0.717) is 10.7 Å². The van der Waals surface area contributed by atoms with Crippen LogP contribution in [-0.4, -0.2) is 48.4 Å². The molecule has 0 bridgehead atoms. The molecule has 3 heterocycles. The summed E-state index contributed by atoms with van der Waals surface area (Å²) in [5.41, 5.74) is 1.000. The van der Waals surface area contributed by atoms with Crippen LogP contribution in [0, 0.1) is 0 Å². The predicted molar refractivity (Wildman–Crippen MR) is 86.4 cm³/mol. The fourth-order valence-corrected chi connectivity index (χ4v) is 2.94. The van der Waals surface area contributed by atoms with Gasteiger partial charge in [0.1, 0.15) is 5.82 Å². The van der Waals surface area contributed by atoms with Crippen molar-refractivity contribution >= 4 is 35.2 Å². The summed E-state index contributed by atoms with van der Waals surface area (Å²) >= 11 is 1.40. The lowest BCUT2D eigenvalue weighted by Gasteiger charge is -2.33. The van der Waals surface area contributed by atoms with Crippen molar-refractivity contribution in [1.82, 2.24) is 9.88 Å². The molecule has 0 aliphatic carbocycles. The predicted octanol–water partition coefficient (Wildman–Crippen LogP) is 1.67. The minimum Gasteiger partial charge on any atom is -0.367 e. The van der Waals surface area contributed by atoms with Crippen LogP contribution < -0.4 is 10.2 Å². The average Bonchev–Trinajstić information content (AvgIpc) is 3.10. The number of amides is 2. The highest BCUT2D eigenvalue weighted by molar-refractivity contribution is 7.12. The molecular formula is C15H16N4O2S. The van der Waals surface area contributed by atoms with Gasteiger partial charge in [-0.15, -0.1) is 11.3 Å². The molecule has 0 atom stereocenters. The molecule has 2 aromatic rings. The molecule has 3 rings (SSSR count). The van der Waals surface area contributed by atoms with Gasteiger partial charge in [0.2, 0.25) is 6.41 Å². The van der Waals surface area contributed by atoms with Gasteiger partial charge in [0.05, 0.1) is 16.8 Å². The molecule has 1 fully saturated rings. The first-order valence-electron chi connectivity index (χ1n) is 7.01. The van der Waals surface area contributed by atoms with Crippen LogP contribution in [0.1, 0.15) is 9.67 Å². The molecule has 22 heavy (non-hydrogen) atoms. The Hall–Kier alpha value is -2.41. The van der Waals surface area contributed by atoms with Crippen LogP contribution in [0.4, 0.5) is 11.5 Å². The maximum atomic E-state index is 11.9. The Labute approximate surface area is 132 Å². The highest BCUT2D eigenvalue weighted by atomic mass is 32.1. The highest BCUT2D eigenvalue weighted by Crippen LogP contribution is 2.18. The standard InChI is InChI=1S/C15H16N4O2S/c20-11-18-5-7-19(8-6-18)12-3-4-14(16-10-12)17-15(21)13-2-1-9-22-13/h1-4,9-11H,5-8H2,(H,16,17,21). The summed E-state index contributed by atoms with van der Waals surface area (Å²) in [7, 11) is 0. The number of aromatic nitrogens is 1. The number of pyridine rings is 1. The maximum Gasteiger partial charge on any atom is 0.266 e. The maximum absolute atomic E-state index is 11.9. The lowest BCUT2D eigenvalue weighted by molar-refractivity contribution is -0.118. The average molecular weight is 316 g/mol. The molecule has 1 N–H and O–H groups in total. The van der Waals surface area contributed by atoms with Gasteiger partial charge in [-0.1, -0.05) is 6.07 Å². The Morgan fingerprint density at radius 2 is 2.05 bits per heavy atom. The number of nitrogens with one attached hydrogen (secondary N) is 1. The van der Waals surface area contributed by atoms with E-state index in [2.05, 4.69) is 15.2 Å². The Morgan fingerprint density at radius 1 is 1.23 bits per heavy atom. The number of hydrogen-bond acceptors (Lipinski definition) is 5. The molecule has 2 aromatic heterocycles. The number of thiophene rings is 1. The van der Waals surface area contributed by atoms with E-state index in [1.165, 1.54) is 11.3 Å². The lowest BCUT2D eigenvalue weighted by atomic mass is 10.3. The van der Waals surface area contributed by atoms with E-state index in [0.717, 1.165) is 38.3 Å². The van der Waals surface area contributed by atoms with Crippen molar-refractivity contribution in [2.45, 2.75) is 0 Å². The van der Waals surface area contributed by atoms with Crippen LogP contribution >= 0.6 is 11.3 Å². The fourth-order valence-electron chi connectivity index (χ4n) is 2.32. The van der Waals surface area contributed by atoms with Crippen LogP contribution in [0.3, 0.4) is 0 Å². The van der Waals surface area contributed by atoms with E-state index >= 15 is 0 Å². The molecule has 1 saturated heterocycles. The van der Waals surface area contributed by atoms with Crippen LogP contribution in [0.5, 0.6) is 0 Å². The zero-order valence-electron chi connectivity index (χ0n) is 11.9. The summed E-state index contributed by atoms with van der Waals surface area (Å²) in [6.07, 6.45) is 2.64. The van der Waals surface area contributed by atoms with Gasteiger partial charge < -0.3 is 15.1 Å². The molecule has 0 radical (unpaired) electrons. The van der Waals surface area contributed by atoms with E-state index in [9.17, 15) is 9.59 Å². The molecule has 0 spiro atoms. The summed E-state index contributed by atoms with van der Waals surface area (Å²) in [5.74, 6) is 0.392. The highest BCUT2D eigenvalue weighted by Gasteiger charge is 2.16. The Bertz CT molecular complexity index is 634. The van der Waals surface area contributed by atoms with Gasteiger partial charge in [-0.3, -0.25) is 9.59 Å². The molecule has 0 unspecified atom stereocenters. The van der Waals surface area contributed by atoms with Crippen molar-refractivity contribution in [3.8, 4) is 0 Å². The zero-order valence-corrected chi connectivity index (χ0v) is 12.8. The van der Waals surface area contributed by atoms with Crippen LogP contribution in [0.2, 0.25) is 0 Å². The largest absolute Gasteiger partial charge is 0.367 e. The zero-order chi connectivity index (χ0) is 15.4. The first-order chi connectivity index (χ1) is 10.8. The third kappa shape index (κ3) is 3.25. The van der Waals surface area contributed by atoms with Crippen LogP contribution in [0.15, 0.2) is 35.8 Å². The molecular weight excluding hydrogens is 300 g/mol. The first-order valence-corrected chi connectivity index (χ1v) is 7.89. The SMILES string of the molecule is O=CN1CCN(c2ccc(NC(=O)c3cccs3)nc2)CC1. The van der Waals surface area contributed by atoms with Crippen LogP contribution in [0.25, 0.3) is 0 Å². The quantitative estimate of drug-likeness (QED) is 0.872. The van der Waals surface area contributed by atoms with Crippen LogP contribution in [-0.2, 0) is 4.79 Å². The van der Waals surface area contributed by atoms with E-state index < -0.39 is 0 Å². The Kier molecular flexibility index (Phi) is 4.34. The second-order valence-corrected chi connectivity index (χ2v) is 5.91. The summed E-state index contributed by atoms with van der Waals surface area (Å²) in [6.45, 7) is 3.03. The smallest absolute Gasteiger partial charge is 0.266 e. The van der Waals surface area contributed by atoms with Crippen molar-refractivity contribution in [2.75, 3.05) is 36.4 Å². The molecule has 114 valence electrons. The second-order valence-electron chi connectivity index (χ2n) is 4.96. The van der Waals surface area contributed by atoms with Gasteiger partial charge in [0.25, 0.3) is 5.91 Å². The minimum atomic E-state index is -0.144. The van der Waals surface area contributed by atoms with E-state index in [-0.39, 0.29) is 5.91 Å². The van der Waals surface area contributed by atoms with Crippen molar-refractivity contribution in [2.24, 2.45) is 0 Å². The Morgan fingerprint density at radius 3 is 2.64 bits per heavy atom. The molecule has 7 heteroatoms. The first kappa shape index (κ1) is 14.5. The van der Waals surface area contributed by atoms with Crippen molar-refractivity contribution in [3.63, 3.8) is 0 Å². The number of piperazine rings is 1. The van der Waals surface area contributed by atoms with E-state index in [4.69, 9.17) is 0 Å². The number of rotatable bonds is 4. The molecule has 6 nitrogen and oxygen atoms in total. The van der Waals surface area contributed by atoms with Gasteiger partial charge >= 0.3 is 0 Å². The fraction of sp³-hybridized carbons (Fsp3) is 0.267. The topological polar surface area (TPSA) is 65.5 Å². The molecule has 2 amide bonds. The number of carbonyl (C=O) groups excluding carboxylic acids is 2. The number of hydrogen-bond donors (Lipinski definition) is 1. The molecule has 0 saturated carbocycles. The monoisotopic (exact) mass is 316 g/mol. The van der Waals surface area contributed by atoms with Crippen molar-refractivity contribution in [1.29, 1.82) is 0 Å². The number of anilines is 2. The minimum absolute atomic E-state index is 0.144. The summed E-state index contributed by atoms with van der Waals surface area (Å²) in [5, 5.41) is 4.64. The van der Waals surface area contributed by atoms with Gasteiger partial charge in [-0.25, -0.2) is 4.98 Å². The van der Waals surface area contributed by atoms with Crippen molar-refractivity contribution in [3.05, 3.63) is 40.7 Å². The van der Waals surface area contributed by atoms with Crippen molar-refractivity contribution < 1.29 is 9.59 Å². The van der Waals surface area contributed by atoms with Gasteiger partial charge in [-0.05, 0) is 23.6 Å². The Balaban J connectivity index is 1.61. The summed E-state index contributed by atoms with van der Waals surface area (Å²) in [6, 6.07) is 7.36. The summed E-state index contributed by atoms with van der Waals surface area (Å²) in [4.78, 5) is 31.5. The van der Waals surface area contributed by atoms with Gasteiger partial charge in [-0.2, -0.15) is 0 Å². The second kappa shape index (κ2) is 6.57. The van der Waals surface area contributed by atoms with E-state index in [1.807, 2.05) is 17.5 Å².